The molecule has 0 atom stereocenters. The molecule has 0 aliphatic heterocycles. The van der Waals surface area contributed by atoms with Crippen molar-refractivity contribution in [2.45, 2.75) is 0 Å². The van der Waals surface area contributed by atoms with E-state index in [9.17, 15) is 4.39 Å². The van der Waals surface area contributed by atoms with Gasteiger partial charge in [0.2, 0.25) is 5.95 Å². The first-order valence-corrected chi connectivity index (χ1v) is 4.72. The molecule has 72 valence electrons. The van der Waals surface area contributed by atoms with Gasteiger partial charge in [-0.05, 0) is 34.1 Å². The average Bonchev–Trinajstić information content (AvgIpc) is 2.56. The number of aromatic nitrogens is 2. The van der Waals surface area contributed by atoms with Crippen LogP contribution in [0.4, 0.5) is 10.3 Å². The second-order valence-electron chi connectivity index (χ2n) is 2.75. The lowest BCUT2D eigenvalue weighted by molar-refractivity contribution is 0.626. The molecule has 1 heterocycles. The van der Waals surface area contributed by atoms with Crippen molar-refractivity contribution in [2.24, 2.45) is 0 Å². The molecule has 2 rings (SSSR count). The van der Waals surface area contributed by atoms with E-state index >= 15 is 0 Å². The lowest BCUT2D eigenvalue weighted by Crippen LogP contribution is -2.00. The zero-order chi connectivity index (χ0) is 10.1. The number of rotatable bonds is 1. The van der Waals surface area contributed by atoms with E-state index in [-0.39, 0.29) is 5.82 Å². The van der Waals surface area contributed by atoms with Crippen molar-refractivity contribution in [3.63, 3.8) is 0 Å². The lowest BCUT2D eigenvalue weighted by Gasteiger charge is -2.06. The Kier molecular flexibility index (Phi) is 2.25. The summed E-state index contributed by atoms with van der Waals surface area (Å²) in [4.78, 5) is 3.86. The molecule has 3 nitrogen and oxygen atoms in total. The largest absolute Gasteiger partial charge is 0.369 e. The Bertz CT molecular complexity index is 467. The minimum atomic E-state index is -0.309. The smallest absolute Gasteiger partial charge is 0.204 e. The summed E-state index contributed by atoms with van der Waals surface area (Å²) in [5.41, 5.74) is 6.24. The summed E-state index contributed by atoms with van der Waals surface area (Å²) in [6.07, 6.45) is 3.24. The van der Waals surface area contributed by atoms with Crippen LogP contribution in [0.2, 0.25) is 0 Å². The van der Waals surface area contributed by atoms with Crippen LogP contribution in [0.1, 0.15) is 0 Å². The number of benzene rings is 1. The van der Waals surface area contributed by atoms with Crippen molar-refractivity contribution in [1.29, 1.82) is 0 Å². The van der Waals surface area contributed by atoms with Crippen molar-refractivity contribution in [2.75, 3.05) is 5.73 Å². The number of nitrogen functional groups attached to an aromatic ring is 1. The molecule has 0 bridgehead atoms. The van der Waals surface area contributed by atoms with Gasteiger partial charge in [-0.25, -0.2) is 9.37 Å². The first-order valence-electron chi connectivity index (χ1n) is 3.93. The van der Waals surface area contributed by atoms with Crippen LogP contribution in [0.3, 0.4) is 0 Å². The molecule has 0 saturated carbocycles. The Morgan fingerprint density at radius 3 is 2.86 bits per heavy atom. The molecule has 2 N–H and O–H groups in total. The fourth-order valence-electron chi connectivity index (χ4n) is 1.19. The van der Waals surface area contributed by atoms with Crippen molar-refractivity contribution in [1.82, 2.24) is 9.55 Å². The second-order valence-corrected chi connectivity index (χ2v) is 3.61. The molecule has 1 aromatic heterocycles. The van der Waals surface area contributed by atoms with Gasteiger partial charge in [0.1, 0.15) is 5.82 Å². The van der Waals surface area contributed by atoms with Gasteiger partial charge in [0.25, 0.3) is 0 Å². The monoisotopic (exact) mass is 255 g/mol. The molecule has 0 radical (unpaired) electrons. The zero-order valence-corrected chi connectivity index (χ0v) is 8.70. The highest BCUT2D eigenvalue weighted by Gasteiger charge is 2.06. The quantitative estimate of drug-likeness (QED) is 0.851. The summed E-state index contributed by atoms with van der Waals surface area (Å²) in [5.74, 6) is 0.0209. The normalized spacial score (nSPS) is 10.4. The maximum atomic E-state index is 13.0. The number of hydrogen-bond acceptors (Lipinski definition) is 2. The van der Waals surface area contributed by atoms with Crippen molar-refractivity contribution >= 4 is 21.9 Å². The number of nitrogens with two attached hydrogens (primary N) is 1. The third-order valence-corrected chi connectivity index (χ3v) is 2.51. The van der Waals surface area contributed by atoms with Gasteiger partial charge >= 0.3 is 0 Å². The van der Waals surface area contributed by atoms with E-state index in [2.05, 4.69) is 20.9 Å². The summed E-state index contributed by atoms with van der Waals surface area (Å²) >= 11 is 3.32. The second kappa shape index (κ2) is 3.42. The van der Waals surface area contributed by atoms with E-state index < -0.39 is 0 Å². The minimum Gasteiger partial charge on any atom is -0.369 e. The molecule has 0 saturated heterocycles. The van der Waals surface area contributed by atoms with Crippen LogP contribution in [0.15, 0.2) is 35.1 Å². The van der Waals surface area contributed by atoms with Gasteiger partial charge in [-0.1, -0.05) is 0 Å². The van der Waals surface area contributed by atoms with Crippen LogP contribution in [0, 0.1) is 5.82 Å². The average molecular weight is 256 g/mol. The third-order valence-electron chi connectivity index (χ3n) is 1.84. The molecular weight excluding hydrogens is 249 g/mol. The molecule has 2 aromatic rings. The zero-order valence-electron chi connectivity index (χ0n) is 7.11. The van der Waals surface area contributed by atoms with E-state index in [0.717, 1.165) is 4.47 Å². The molecule has 0 aliphatic rings. The van der Waals surface area contributed by atoms with E-state index in [1.54, 1.807) is 23.0 Å². The molecule has 1 aromatic carbocycles. The topological polar surface area (TPSA) is 43.8 Å². The molecule has 5 heteroatoms. The molecular formula is C9H7BrFN3. The molecule has 0 unspecified atom stereocenters. The van der Waals surface area contributed by atoms with Crippen LogP contribution < -0.4 is 5.73 Å². The Morgan fingerprint density at radius 2 is 2.21 bits per heavy atom. The van der Waals surface area contributed by atoms with E-state index in [4.69, 9.17) is 5.73 Å². The van der Waals surface area contributed by atoms with E-state index in [1.165, 1.54) is 12.1 Å². The summed E-state index contributed by atoms with van der Waals surface area (Å²) in [6.45, 7) is 0. The molecule has 0 spiro atoms. The SMILES string of the molecule is Nc1nccn1-c1cc(F)ccc1Br. The van der Waals surface area contributed by atoms with Gasteiger partial charge in [0.15, 0.2) is 0 Å². The van der Waals surface area contributed by atoms with Crippen molar-refractivity contribution in [3.05, 3.63) is 40.9 Å². The summed E-state index contributed by atoms with van der Waals surface area (Å²) in [7, 11) is 0. The number of nitrogens with zero attached hydrogens (tertiary/aromatic N) is 2. The van der Waals surface area contributed by atoms with Gasteiger partial charge in [0, 0.05) is 16.9 Å². The number of halogens is 2. The Hall–Kier alpha value is -1.36. The molecule has 0 fully saturated rings. The van der Waals surface area contributed by atoms with Crippen LogP contribution >= 0.6 is 15.9 Å². The Morgan fingerprint density at radius 1 is 1.43 bits per heavy atom. The van der Waals surface area contributed by atoms with Crippen LogP contribution in [0.5, 0.6) is 0 Å². The minimum absolute atomic E-state index is 0.309. The van der Waals surface area contributed by atoms with Gasteiger partial charge < -0.3 is 5.73 Å². The van der Waals surface area contributed by atoms with Gasteiger partial charge in [0.05, 0.1) is 5.69 Å². The summed E-state index contributed by atoms with van der Waals surface area (Å²) in [6, 6.07) is 4.40. The number of anilines is 1. The standard InChI is InChI=1S/C9H7BrFN3/c10-7-2-1-6(11)5-8(7)14-4-3-13-9(14)12/h1-5H,(H2,12,13). The highest BCUT2D eigenvalue weighted by molar-refractivity contribution is 9.10. The van der Waals surface area contributed by atoms with Gasteiger partial charge in [-0.3, -0.25) is 4.57 Å². The predicted octanol–water partition coefficient (Wildman–Crippen LogP) is 2.36. The lowest BCUT2D eigenvalue weighted by atomic mass is 10.3. The van der Waals surface area contributed by atoms with E-state index in [0.29, 0.717) is 11.6 Å². The molecule has 0 aliphatic carbocycles. The maximum Gasteiger partial charge on any atom is 0.204 e. The maximum absolute atomic E-state index is 13.0. The first kappa shape index (κ1) is 9.21. The Labute approximate surface area is 88.5 Å². The van der Waals surface area contributed by atoms with Crippen LogP contribution in [0.25, 0.3) is 5.69 Å². The third kappa shape index (κ3) is 1.50. The highest BCUT2D eigenvalue weighted by atomic mass is 79.9. The summed E-state index contributed by atoms with van der Waals surface area (Å²) < 4.78 is 15.3. The number of hydrogen-bond donors (Lipinski definition) is 1. The summed E-state index contributed by atoms with van der Waals surface area (Å²) in [5, 5.41) is 0. The Balaban J connectivity index is 2.62. The highest BCUT2D eigenvalue weighted by Crippen LogP contribution is 2.23. The number of imidazole rings is 1. The van der Waals surface area contributed by atoms with Crippen molar-refractivity contribution < 1.29 is 4.39 Å². The molecule has 0 amide bonds. The van der Waals surface area contributed by atoms with Crippen LogP contribution in [-0.2, 0) is 0 Å². The molecule has 14 heavy (non-hydrogen) atoms. The fraction of sp³-hybridized carbons (Fsp3) is 0. The predicted molar refractivity (Wildman–Crippen MR) is 55.6 cm³/mol. The van der Waals surface area contributed by atoms with Crippen molar-refractivity contribution in [3.8, 4) is 5.69 Å². The van der Waals surface area contributed by atoms with Gasteiger partial charge in [-0.2, -0.15) is 0 Å². The van der Waals surface area contributed by atoms with E-state index in [1.807, 2.05) is 0 Å². The first-order chi connectivity index (χ1) is 6.68. The van der Waals surface area contributed by atoms with Gasteiger partial charge in [-0.15, -0.1) is 0 Å². The van der Waals surface area contributed by atoms with Crippen LogP contribution in [-0.4, -0.2) is 9.55 Å². The fourth-order valence-corrected chi connectivity index (χ4v) is 1.63.